The Kier molecular flexibility index (Phi) is 5.19. The minimum Gasteiger partial charge on any atom is -0.330 e. The second-order valence-electron chi connectivity index (χ2n) is 6.19. The Balaban J connectivity index is 1.65. The number of aryl methyl sites for hydroxylation is 1. The normalized spacial score (nSPS) is 11.2. The van der Waals surface area contributed by atoms with Gasteiger partial charge in [-0.05, 0) is 30.3 Å². The van der Waals surface area contributed by atoms with E-state index < -0.39 is 0 Å². The van der Waals surface area contributed by atoms with Crippen molar-refractivity contribution in [1.29, 1.82) is 0 Å². The smallest absolute Gasteiger partial charge is 0.192 e. The number of aromatic nitrogens is 5. The molecule has 0 spiro atoms. The summed E-state index contributed by atoms with van der Waals surface area (Å²) in [7, 11) is 1.97. The van der Waals surface area contributed by atoms with Gasteiger partial charge < -0.3 is 4.57 Å². The van der Waals surface area contributed by atoms with Crippen LogP contribution in [0.25, 0.3) is 22.4 Å². The number of thioether (sulfide) groups is 1. The van der Waals surface area contributed by atoms with Crippen LogP contribution >= 0.6 is 23.4 Å². The molecular weight excluding hydrogens is 397 g/mol. The summed E-state index contributed by atoms with van der Waals surface area (Å²) < 4.78 is 18.1. The van der Waals surface area contributed by atoms with Crippen LogP contribution in [0.4, 0.5) is 4.39 Å². The van der Waals surface area contributed by atoms with E-state index in [1.165, 1.54) is 17.8 Å². The first-order valence-electron chi connectivity index (χ1n) is 8.61. The van der Waals surface area contributed by atoms with Gasteiger partial charge >= 0.3 is 0 Å². The number of halogens is 2. The first-order valence-corrected chi connectivity index (χ1v) is 9.97. The summed E-state index contributed by atoms with van der Waals surface area (Å²) in [5, 5.41) is 9.82. The zero-order chi connectivity index (χ0) is 19.7. The van der Waals surface area contributed by atoms with Crippen LogP contribution in [0, 0.1) is 5.82 Å². The first-order chi connectivity index (χ1) is 13.6. The van der Waals surface area contributed by atoms with Crippen molar-refractivity contribution in [2.75, 3.05) is 0 Å². The molecule has 0 saturated carbocycles. The van der Waals surface area contributed by atoms with Crippen LogP contribution in [0.1, 0.15) is 5.82 Å². The molecular formula is C20H17ClFN5S. The van der Waals surface area contributed by atoms with Crippen LogP contribution in [-0.4, -0.2) is 24.3 Å². The summed E-state index contributed by atoms with van der Waals surface area (Å²) in [6, 6.07) is 12.2. The molecule has 142 valence electrons. The Hall–Kier alpha value is -2.64. The van der Waals surface area contributed by atoms with Crippen LogP contribution in [0.5, 0.6) is 0 Å². The summed E-state index contributed by atoms with van der Waals surface area (Å²) in [6.45, 7) is 4.28. The number of imidazole rings is 1. The fraction of sp³-hybridized carbons (Fsp3) is 0.150. The Bertz CT molecular complexity index is 1170. The van der Waals surface area contributed by atoms with Gasteiger partial charge in [0.25, 0.3) is 0 Å². The van der Waals surface area contributed by atoms with Crippen molar-refractivity contribution in [1.82, 2.24) is 24.3 Å². The predicted octanol–water partition coefficient (Wildman–Crippen LogP) is 5.10. The van der Waals surface area contributed by atoms with Crippen LogP contribution < -0.4 is 0 Å². The average Bonchev–Trinajstić information content (AvgIpc) is 3.21. The van der Waals surface area contributed by atoms with Crippen molar-refractivity contribution in [3.63, 3.8) is 0 Å². The second-order valence-corrected chi connectivity index (χ2v) is 7.57. The Morgan fingerprint density at radius 3 is 2.82 bits per heavy atom. The van der Waals surface area contributed by atoms with Gasteiger partial charge in [0, 0.05) is 18.6 Å². The van der Waals surface area contributed by atoms with Crippen molar-refractivity contribution in [2.45, 2.75) is 17.5 Å². The Labute approximate surface area is 170 Å². The number of benzene rings is 2. The summed E-state index contributed by atoms with van der Waals surface area (Å²) in [4.78, 5) is 4.66. The third-order valence-corrected chi connectivity index (χ3v) is 5.61. The van der Waals surface area contributed by atoms with E-state index in [2.05, 4.69) is 21.8 Å². The molecule has 0 amide bonds. The molecule has 0 saturated heterocycles. The highest BCUT2D eigenvalue weighted by Gasteiger charge is 2.17. The highest BCUT2D eigenvalue weighted by molar-refractivity contribution is 7.98. The van der Waals surface area contributed by atoms with E-state index in [1.54, 1.807) is 24.3 Å². The summed E-state index contributed by atoms with van der Waals surface area (Å²) >= 11 is 7.56. The molecule has 5 nitrogen and oxygen atoms in total. The van der Waals surface area contributed by atoms with Crippen LogP contribution in [0.3, 0.4) is 0 Å². The molecule has 0 N–H and O–H groups in total. The summed E-state index contributed by atoms with van der Waals surface area (Å²) in [6.07, 6.45) is 1.74. The molecule has 0 bridgehead atoms. The largest absolute Gasteiger partial charge is 0.330 e. The van der Waals surface area contributed by atoms with Crippen LogP contribution in [0.15, 0.2) is 60.3 Å². The number of rotatable bonds is 6. The van der Waals surface area contributed by atoms with Crippen molar-refractivity contribution in [2.24, 2.45) is 7.05 Å². The fourth-order valence-electron chi connectivity index (χ4n) is 3.01. The molecule has 2 aromatic carbocycles. The lowest BCUT2D eigenvalue weighted by Gasteiger charge is -2.08. The van der Waals surface area contributed by atoms with Gasteiger partial charge in [-0.25, -0.2) is 9.37 Å². The quantitative estimate of drug-likeness (QED) is 0.326. The van der Waals surface area contributed by atoms with Crippen molar-refractivity contribution in [3.8, 4) is 11.4 Å². The van der Waals surface area contributed by atoms with Gasteiger partial charge in [-0.15, -0.1) is 16.8 Å². The van der Waals surface area contributed by atoms with E-state index in [9.17, 15) is 4.39 Å². The summed E-state index contributed by atoms with van der Waals surface area (Å²) in [5.74, 6) is 1.64. The topological polar surface area (TPSA) is 48.5 Å². The van der Waals surface area contributed by atoms with Crippen molar-refractivity contribution >= 4 is 34.4 Å². The zero-order valence-electron chi connectivity index (χ0n) is 15.1. The zero-order valence-corrected chi connectivity index (χ0v) is 16.7. The lowest BCUT2D eigenvalue weighted by atomic mass is 10.2. The molecule has 4 rings (SSSR count). The maximum atomic E-state index is 14.2. The minimum absolute atomic E-state index is 0.330. The molecule has 28 heavy (non-hydrogen) atoms. The third-order valence-electron chi connectivity index (χ3n) is 4.41. The monoisotopic (exact) mass is 413 g/mol. The molecule has 4 aromatic rings. The van der Waals surface area contributed by atoms with Crippen molar-refractivity contribution < 1.29 is 4.39 Å². The minimum atomic E-state index is -0.330. The number of fused-ring (bicyclic) bond motifs is 1. The molecule has 0 aliphatic rings. The fourth-order valence-corrected chi connectivity index (χ4v) is 4.11. The van der Waals surface area contributed by atoms with Crippen LogP contribution in [-0.2, 0) is 19.3 Å². The number of allylic oxidation sites excluding steroid dienone is 1. The van der Waals surface area contributed by atoms with Gasteiger partial charge in [0.05, 0.1) is 22.3 Å². The molecule has 8 heteroatoms. The molecule has 0 radical (unpaired) electrons. The highest BCUT2D eigenvalue weighted by Crippen LogP contribution is 2.29. The van der Waals surface area contributed by atoms with Gasteiger partial charge in [-0.2, -0.15) is 0 Å². The molecule has 0 aliphatic carbocycles. The van der Waals surface area contributed by atoms with Gasteiger partial charge in [0.15, 0.2) is 11.0 Å². The van der Waals surface area contributed by atoms with E-state index in [4.69, 9.17) is 11.6 Å². The molecule has 2 heterocycles. The second kappa shape index (κ2) is 7.77. The number of hydrogen-bond acceptors (Lipinski definition) is 4. The Morgan fingerprint density at radius 1 is 1.21 bits per heavy atom. The van der Waals surface area contributed by atoms with E-state index in [-0.39, 0.29) is 5.82 Å². The van der Waals surface area contributed by atoms with Gasteiger partial charge in [0.2, 0.25) is 0 Å². The molecule has 0 unspecified atom stereocenters. The first kappa shape index (κ1) is 18.7. The Morgan fingerprint density at radius 2 is 2.04 bits per heavy atom. The number of nitrogens with zero attached hydrogens (tertiary/aromatic N) is 5. The van der Waals surface area contributed by atoms with Gasteiger partial charge in [-0.3, -0.25) is 4.57 Å². The van der Waals surface area contributed by atoms with Gasteiger partial charge in [-0.1, -0.05) is 41.6 Å². The maximum absolute atomic E-state index is 14.2. The third kappa shape index (κ3) is 3.43. The standard InChI is InChI=1S/C20H17ClFN5S/c1-3-10-27-19(14-6-4-5-7-15(14)22)24-25-20(27)28-12-18-23-16-11-13(21)8-9-17(16)26(18)2/h3-9,11H,1,10,12H2,2H3. The summed E-state index contributed by atoms with van der Waals surface area (Å²) in [5.41, 5.74) is 2.28. The molecule has 0 aliphatic heterocycles. The maximum Gasteiger partial charge on any atom is 0.192 e. The molecule has 0 atom stereocenters. The van der Waals surface area contributed by atoms with E-state index >= 15 is 0 Å². The van der Waals surface area contributed by atoms with E-state index in [0.717, 1.165) is 16.9 Å². The SMILES string of the molecule is C=CCn1c(SCc2nc3cc(Cl)ccc3n2C)nnc1-c1ccccc1F. The lowest BCUT2D eigenvalue weighted by Crippen LogP contribution is -2.02. The highest BCUT2D eigenvalue weighted by atomic mass is 35.5. The average molecular weight is 414 g/mol. The lowest BCUT2D eigenvalue weighted by molar-refractivity contribution is 0.626. The molecule has 0 fully saturated rings. The van der Waals surface area contributed by atoms with Crippen molar-refractivity contribution in [3.05, 3.63) is 71.8 Å². The predicted molar refractivity (Wildman–Crippen MR) is 111 cm³/mol. The van der Waals surface area contributed by atoms with Crippen LogP contribution in [0.2, 0.25) is 5.02 Å². The van der Waals surface area contributed by atoms with Gasteiger partial charge in [0.1, 0.15) is 11.6 Å². The van der Waals surface area contributed by atoms with E-state index in [1.807, 2.05) is 34.4 Å². The molecule has 2 aromatic heterocycles. The van der Waals surface area contributed by atoms with E-state index in [0.29, 0.717) is 33.9 Å². The number of hydrogen-bond donors (Lipinski definition) is 0.